The molecule has 1 aromatic carbocycles. The van der Waals surface area contributed by atoms with E-state index >= 15 is 0 Å². The lowest BCUT2D eigenvalue weighted by Crippen LogP contribution is -2.38. The van der Waals surface area contributed by atoms with Gasteiger partial charge in [-0.3, -0.25) is 0 Å². The summed E-state index contributed by atoms with van der Waals surface area (Å²) in [4.78, 5) is 2.59. The number of piperidine rings is 1. The minimum absolute atomic E-state index is 0.254. The molecule has 1 aliphatic heterocycles. The normalized spacial score (nSPS) is 16.7. The number of sulfonamides is 1. The Kier molecular flexibility index (Phi) is 6.06. The van der Waals surface area contributed by atoms with Crippen molar-refractivity contribution >= 4 is 10.0 Å². The summed E-state index contributed by atoms with van der Waals surface area (Å²) < 4.78 is 32.5. The van der Waals surface area contributed by atoms with Crippen molar-refractivity contribution in [2.75, 3.05) is 40.3 Å². The van der Waals surface area contributed by atoms with Gasteiger partial charge in [0.15, 0.2) is 0 Å². The molecule has 0 bridgehead atoms. The summed E-state index contributed by atoms with van der Waals surface area (Å²) in [5.74, 6) is 0.415. The fourth-order valence-electron chi connectivity index (χ4n) is 2.88. The predicted molar refractivity (Wildman–Crippen MR) is 92.6 cm³/mol. The summed E-state index contributed by atoms with van der Waals surface area (Å²) in [7, 11) is -0.383. The summed E-state index contributed by atoms with van der Waals surface area (Å²) in [5, 5.41) is 0. The smallest absolute Gasteiger partial charge is 0.246 e. The van der Waals surface area contributed by atoms with Crippen LogP contribution in [0.5, 0.6) is 5.75 Å². The van der Waals surface area contributed by atoms with Gasteiger partial charge in [0.2, 0.25) is 10.0 Å². The third kappa shape index (κ3) is 4.25. The lowest BCUT2D eigenvalue weighted by Gasteiger charge is -2.28. The molecule has 23 heavy (non-hydrogen) atoms. The first-order valence-corrected chi connectivity index (χ1v) is 9.64. The number of nitrogens with zero attached hydrogens (tertiary/aromatic N) is 2. The van der Waals surface area contributed by atoms with Gasteiger partial charge in [-0.05, 0) is 63.0 Å². The highest BCUT2D eigenvalue weighted by molar-refractivity contribution is 7.89. The van der Waals surface area contributed by atoms with E-state index in [1.54, 1.807) is 19.2 Å². The third-order valence-electron chi connectivity index (χ3n) is 4.65. The lowest BCUT2D eigenvalue weighted by molar-refractivity contribution is 0.218. The second-order valence-corrected chi connectivity index (χ2v) is 8.33. The molecule has 0 unspecified atom stereocenters. The van der Waals surface area contributed by atoms with E-state index in [0.29, 0.717) is 12.3 Å². The van der Waals surface area contributed by atoms with Crippen molar-refractivity contribution in [2.45, 2.75) is 38.0 Å². The maximum atomic E-state index is 12.9. The molecule has 0 spiro atoms. The minimum Gasteiger partial charge on any atom is -0.495 e. The van der Waals surface area contributed by atoms with Crippen molar-refractivity contribution in [3.05, 3.63) is 23.3 Å². The number of hydrogen-bond donors (Lipinski definition) is 0. The van der Waals surface area contributed by atoms with Gasteiger partial charge in [-0.25, -0.2) is 8.42 Å². The van der Waals surface area contributed by atoms with E-state index in [9.17, 15) is 8.42 Å². The SMILES string of the molecule is COc1cc(C)c(C)cc1S(=O)(=O)N(C)CCN1CCCCC1. The topological polar surface area (TPSA) is 49.9 Å². The Bertz CT molecular complexity index is 637. The second-order valence-electron chi connectivity index (χ2n) is 6.32. The van der Waals surface area contributed by atoms with Gasteiger partial charge in [0.1, 0.15) is 10.6 Å². The maximum Gasteiger partial charge on any atom is 0.246 e. The van der Waals surface area contributed by atoms with Gasteiger partial charge >= 0.3 is 0 Å². The summed E-state index contributed by atoms with van der Waals surface area (Å²) in [6.45, 7) is 7.29. The second kappa shape index (κ2) is 7.64. The fourth-order valence-corrected chi connectivity index (χ4v) is 4.26. The minimum atomic E-state index is -3.54. The van der Waals surface area contributed by atoms with Gasteiger partial charge in [-0.15, -0.1) is 0 Å². The van der Waals surface area contributed by atoms with E-state index in [-0.39, 0.29) is 4.90 Å². The van der Waals surface area contributed by atoms with Crippen molar-refractivity contribution < 1.29 is 13.2 Å². The number of ether oxygens (including phenoxy) is 1. The predicted octanol–water partition coefficient (Wildman–Crippen LogP) is 2.42. The number of aryl methyl sites for hydroxylation is 2. The summed E-state index contributed by atoms with van der Waals surface area (Å²) in [6, 6.07) is 3.50. The first-order valence-electron chi connectivity index (χ1n) is 8.20. The number of likely N-dealkylation sites (tertiary alicyclic amines) is 1. The number of methoxy groups -OCH3 is 1. The Hall–Kier alpha value is -1.11. The quantitative estimate of drug-likeness (QED) is 0.798. The van der Waals surface area contributed by atoms with Crippen molar-refractivity contribution in [2.24, 2.45) is 0 Å². The molecule has 2 rings (SSSR count). The molecule has 0 amide bonds. The zero-order valence-electron chi connectivity index (χ0n) is 14.6. The number of benzene rings is 1. The van der Waals surface area contributed by atoms with Crippen LogP contribution in [0.4, 0.5) is 0 Å². The van der Waals surface area contributed by atoms with Crippen LogP contribution in [-0.2, 0) is 10.0 Å². The summed E-state index contributed by atoms with van der Waals surface area (Å²) >= 11 is 0. The van der Waals surface area contributed by atoms with Gasteiger partial charge in [-0.1, -0.05) is 6.42 Å². The van der Waals surface area contributed by atoms with Gasteiger partial charge < -0.3 is 9.64 Å². The Morgan fingerprint density at radius 1 is 1.13 bits per heavy atom. The Morgan fingerprint density at radius 3 is 2.35 bits per heavy atom. The molecule has 5 nitrogen and oxygen atoms in total. The van der Waals surface area contributed by atoms with E-state index in [4.69, 9.17) is 4.74 Å². The molecule has 1 aromatic rings. The molecule has 0 radical (unpaired) electrons. The molecule has 130 valence electrons. The van der Waals surface area contributed by atoms with Crippen LogP contribution in [0.1, 0.15) is 30.4 Å². The molecule has 0 aliphatic carbocycles. The largest absolute Gasteiger partial charge is 0.495 e. The standard InChI is InChI=1S/C17H28N2O3S/c1-14-12-16(22-4)17(13-15(14)2)23(20,21)18(3)10-11-19-8-6-5-7-9-19/h12-13H,5-11H2,1-4H3. The van der Waals surface area contributed by atoms with E-state index < -0.39 is 10.0 Å². The zero-order chi connectivity index (χ0) is 17.0. The van der Waals surface area contributed by atoms with Crippen LogP contribution in [0.2, 0.25) is 0 Å². The molecule has 1 aliphatic rings. The zero-order valence-corrected chi connectivity index (χ0v) is 15.4. The Balaban J connectivity index is 2.15. The van der Waals surface area contributed by atoms with E-state index in [2.05, 4.69) is 4.90 Å². The Morgan fingerprint density at radius 2 is 1.74 bits per heavy atom. The highest BCUT2D eigenvalue weighted by atomic mass is 32.2. The Labute approximate surface area is 140 Å². The summed E-state index contributed by atoms with van der Waals surface area (Å²) in [6.07, 6.45) is 3.70. The van der Waals surface area contributed by atoms with E-state index in [1.165, 1.54) is 30.7 Å². The first-order chi connectivity index (χ1) is 10.9. The number of likely N-dealkylation sites (N-methyl/N-ethyl adjacent to an activating group) is 1. The average Bonchev–Trinajstić information content (AvgIpc) is 2.55. The molecule has 0 atom stereocenters. The van der Waals surface area contributed by atoms with Crippen LogP contribution >= 0.6 is 0 Å². The molecule has 1 saturated heterocycles. The molecule has 0 aromatic heterocycles. The van der Waals surface area contributed by atoms with Crippen LogP contribution in [0.3, 0.4) is 0 Å². The highest BCUT2D eigenvalue weighted by Gasteiger charge is 2.26. The lowest BCUT2D eigenvalue weighted by atomic mass is 10.1. The van der Waals surface area contributed by atoms with Crippen LogP contribution in [0.15, 0.2) is 17.0 Å². The van der Waals surface area contributed by atoms with Crippen molar-refractivity contribution in [3.8, 4) is 5.75 Å². The molecule has 6 heteroatoms. The third-order valence-corrected chi connectivity index (χ3v) is 6.53. The average molecular weight is 340 g/mol. The van der Waals surface area contributed by atoms with E-state index in [1.807, 2.05) is 13.8 Å². The molecule has 1 heterocycles. The van der Waals surface area contributed by atoms with Crippen LogP contribution < -0.4 is 4.74 Å². The van der Waals surface area contributed by atoms with Crippen LogP contribution in [0, 0.1) is 13.8 Å². The number of rotatable bonds is 6. The molecule has 0 N–H and O–H groups in total. The van der Waals surface area contributed by atoms with Gasteiger partial charge in [0.05, 0.1) is 7.11 Å². The van der Waals surface area contributed by atoms with Crippen molar-refractivity contribution in [3.63, 3.8) is 0 Å². The van der Waals surface area contributed by atoms with Crippen molar-refractivity contribution in [1.82, 2.24) is 9.21 Å². The van der Waals surface area contributed by atoms with Gasteiger partial charge in [0.25, 0.3) is 0 Å². The molecular weight excluding hydrogens is 312 g/mol. The van der Waals surface area contributed by atoms with E-state index in [0.717, 1.165) is 30.8 Å². The number of hydrogen-bond acceptors (Lipinski definition) is 4. The monoisotopic (exact) mass is 340 g/mol. The molecule has 0 saturated carbocycles. The fraction of sp³-hybridized carbons (Fsp3) is 0.647. The first kappa shape index (κ1) is 18.2. The maximum absolute atomic E-state index is 12.9. The highest BCUT2D eigenvalue weighted by Crippen LogP contribution is 2.29. The van der Waals surface area contributed by atoms with Crippen LogP contribution in [-0.4, -0.2) is 58.0 Å². The van der Waals surface area contributed by atoms with Gasteiger partial charge in [-0.2, -0.15) is 4.31 Å². The summed E-state index contributed by atoms with van der Waals surface area (Å²) in [5.41, 5.74) is 1.98. The molecule has 1 fully saturated rings. The van der Waals surface area contributed by atoms with Gasteiger partial charge in [0, 0.05) is 20.1 Å². The molecular formula is C17H28N2O3S. The van der Waals surface area contributed by atoms with Crippen molar-refractivity contribution in [1.29, 1.82) is 0 Å². The van der Waals surface area contributed by atoms with Crippen LogP contribution in [0.25, 0.3) is 0 Å².